The lowest BCUT2D eigenvalue weighted by atomic mass is 9.84. The van der Waals surface area contributed by atoms with Crippen LogP contribution in [0.5, 0.6) is 0 Å². The van der Waals surface area contributed by atoms with Crippen LogP contribution in [-0.4, -0.2) is 28.4 Å². The van der Waals surface area contributed by atoms with Gasteiger partial charge in [0.05, 0.1) is 40.6 Å². The van der Waals surface area contributed by atoms with Crippen LogP contribution in [0.2, 0.25) is 5.02 Å². The Morgan fingerprint density at radius 2 is 2.08 bits per heavy atom. The van der Waals surface area contributed by atoms with Crippen molar-refractivity contribution in [1.82, 2.24) is 5.32 Å². The van der Waals surface area contributed by atoms with Crippen LogP contribution >= 0.6 is 23.6 Å². The number of rotatable bonds is 6. The number of dihydropyridines is 1. The van der Waals surface area contributed by atoms with Crippen LogP contribution in [-0.2, 0) is 8.98 Å². The summed E-state index contributed by atoms with van der Waals surface area (Å²) in [6.07, 6.45) is 0. The number of aliphatic hydroxyl groups excluding tert-OH is 1. The van der Waals surface area contributed by atoms with E-state index in [-0.39, 0.29) is 23.6 Å². The van der Waals surface area contributed by atoms with E-state index >= 15 is 0 Å². The molecule has 0 amide bonds. The molecule has 0 radical (unpaired) electrons. The fourth-order valence-corrected chi connectivity index (χ4v) is 3.28. The molecule has 1 atom stereocenters. The number of carbonyl (C=O) groups is 1. The zero-order chi connectivity index (χ0) is 18.6. The Bertz CT molecular complexity index is 763. The maximum Gasteiger partial charge on any atom is 0.349 e. The van der Waals surface area contributed by atoms with Crippen molar-refractivity contribution in [3.05, 3.63) is 67.6 Å². The van der Waals surface area contributed by atoms with E-state index in [0.29, 0.717) is 22.0 Å². The molecule has 0 saturated carbocycles. The second-order valence-electron chi connectivity index (χ2n) is 5.30. The Labute approximate surface area is 154 Å². The molecule has 2 N–H and O–H groups in total. The number of nitrogens with one attached hydrogen (secondary N) is 1. The van der Waals surface area contributed by atoms with Gasteiger partial charge in [0.2, 0.25) is 0 Å². The summed E-state index contributed by atoms with van der Waals surface area (Å²) in [6, 6.07) is 6.68. The Morgan fingerprint density at radius 3 is 2.68 bits per heavy atom. The van der Waals surface area contributed by atoms with Crippen molar-refractivity contribution in [3.8, 4) is 0 Å². The van der Waals surface area contributed by atoms with Gasteiger partial charge in [-0.05, 0) is 25.5 Å². The average Bonchev–Trinajstić information content (AvgIpc) is 2.54. The molecule has 1 aliphatic rings. The predicted octanol–water partition coefficient (Wildman–Crippen LogP) is 2.99. The lowest BCUT2D eigenvalue weighted by molar-refractivity contribution is -0.431. The highest BCUT2D eigenvalue weighted by molar-refractivity contribution is 7.95. The van der Waals surface area contributed by atoms with Crippen LogP contribution in [0.15, 0.2) is 46.9 Å². The van der Waals surface area contributed by atoms with E-state index in [4.69, 9.17) is 20.9 Å². The van der Waals surface area contributed by atoms with Crippen molar-refractivity contribution < 1.29 is 19.0 Å². The number of hydrogen-bond donors (Lipinski definition) is 2. The highest BCUT2D eigenvalue weighted by Gasteiger charge is 2.41. The Balaban J connectivity index is 2.54. The molecule has 0 spiro atoms. The molecular weight excluding hydrogens is 368 g/mol. The topological polar surface area (TPSA) is 102 Å². The van der Waals surface area contributed by atoms with Crippen LogP contribution in [0, 0.1) is 10.1 Å². The molecule has 1 unspecified atom stereocenters. The zero-order valence-electron chi connectivity index (χ0n) is 13.6. The van der Waals surface area contributed by atoms with Gasteiger partial charge in [0, 0.05) is 10.7 Å². The van der Waals surface area contributed by atoms with Gasteiger partial charge in [0.1, 0.15) is 5.92 Å². The van der Waals surface area contributed by atoms with Gasteiger partial charge in [-0.15, -0.1) is 0 Å². The van der Waals surface area contributed by atoms with E-state index in [1.165, 1.54) is 0 Å². The number of halogens is 1. The lowest BCUT2D eigenvalue weighted by Gasteiger charge is -2.26. The minimum Gasteiger partial charge on any atom is -0.395 e. The maximum atomic E-state index is 12.5. The van der Waals surface area contributed by atoms with Gasteiger partial charge in [-0.25, -0.2) is 4.79 Å². The number of allylic oxidation sites excluding steroid dienone is 3. The first-order valence-corrected chi connectivity index (χ1v) is 8.69. The summed E-state index contributed by atoms with van der Waals surface area (Å²) >= 11 is 7.03. The molecule has 0 aliphatic carbocycles. The van der Waals surface area contributed by atoms with Gasteiger partial charge in [-0.2, -0.15) is 0 Å². The van der Waals surface area contributed by atoms with Crippen molar-refractivity contribution in [2.45, 2.75) is 19.8 Å². The Hall–Kier alpha value is -2.03. The molecule has 9 heteroatoms. The van der Waals surface area contributed by atoms with Gasteiger partial charge >= 0.3 is 5.97 Å². The Morgan fingerprint density at radius 1 is 1.40 bits per heavy atom. The smallest absolute Gasteiger partial charge is 0.349 e. The van der Waals surface area contributed by atoms with Gasteiger partial charge in [-0.1, -0.05) is 29.8 Å². The number of carbonyl (C=O) groups excluding carboxylic acids is 1. The predicted molar refractivity (Wildman–Crippen MR) is 95.4 cm³/mol. The second-order valence-corrected chi connectivity index (χ2v) is 6.52. The molecule has 0 aromatic heterocycles. The monoisotopic (exact) mass is 384 g/mol. The maximum absolute atomic E-state index is 12.5. The van der Waals surface area contributed by atoms with Crippen molar-refractivity contribution >= 4 is 29.6 Å². The van der Waals surface area contributed by atoms with Crippen molar-refractivity contribution in [3.63, 3.8) is 0 Å². The molecular formula is C16H17ClN2O5S. The van der Waals surface area contributed by atoms with E-state index in [1.807, 2.05) is 0 Å². The van der Waals surface area contributed by atoms with Crippen molar-refractivity contribution in [2.24, 2.45) is 0 Å². The summed E-state index contributed by atoms with van der Waals surface area (Å²) < 4.78 is 5.08. The highest BCUT2D eigenvalue weighted by atomic mass is 35.5. The Kier molecular flexibility index (Phi) is 6.46. The van der Waals surface area contributed by atoms with Crippen LogP contribution in [0.3, 0.4) is 0 Å². The minimum atomic E-state index is -0.952. The third-order valence-electron chi connectivity index (χ3n) is 3.67. The molecule has 2 rings (SSSR count). The zero-order valence-corrected chi connectivity index (χ0v) is 15.2. The summed E-state index contributed by atoms with van der Waals surface area (Å²) in [7, 11) is 0. The van der Waals surface area contributed by atoms with E-state index in [0.717, 1.165) is 12.0 Å². The number of nitrogens with zero attached hydrogens (tertiary/aromatic N) is 1. The molecule has 25 heavy (non-hydrogen) atoms. The van der Waals surface area contributed by atoms with Crippen molar-refractivity contribution in [2.75, 3.05) is 12.4 Å². The summed E-state index contributed by atoms with van der Waals surface area (Å²) in [5.41, 5.74) is 1.22. The van der Waals surface area contributed by atoms with Gasteiger partial charge in [0.25, 0.3) is 5.70 Å². The molecule has 7 nitrogen and oxygen atoms in total. The standard InChI is InChI=1S/C16H17ClN2O5S/c1-9-13(16(21)24-25-8-7-20)14(11-5-3-4-6-12(11)17)15(19(22)23)10(2)18-9/h3-6,14,18,20H,7-8H2,1-2H3. The minimum absolute atomic E-state index is 0.121. The number of hydrogen-bond acceptors (Lipinski definition) is 7. The number of benzene rings is 1. The second kappa shape index (κ2) is 8.37. The quantitative estimate of drug-likeness (QED) is 0.336. The summed E-state index contributed by atoms with van der Waals surface area (Å²) in [5.74, 6) is -1.45. The van der Waals surface area contributed by atoms with Crippen LogP contribution in [0.1, 0.15) is 25.3 Å². The number of aliphatic hydroxyl groups is 1. The van der Waals surface area contributed by atoms with Crippen molar-refractivity contribution in [1.29, 1.82) is 0 Å². The molecule has 1 aromatic rings. The van der Waals surface area contributed by atoms with Crippen LogP contribution in [0.25, 0.3) is 0 Å². The van der Waals surface area contributed by atoms with Gasteiger partial charge in [-0.3, -0.25) is 10.1 Å². The summed E-state index contributed by atoms with van der Waals surface area (Å²) in [6.45, 7) is 3.08. The summed E-state index contributed by atoms with van der Waals surface area (Å²) in [4.78, 5) is 23.7. The fraction of sp³-hybridized carbons (Fsp3) is 0.312. The van der Waals surface area contributed by atoms with E-state index < -0.39 is 16.8 Å². The average molecular weight is 385 g/mol. The molecule has 134 valence electrons. The molecule has 1 heterocycles. The lowest BCUT2D eigenvalue weighted by Crippen LogP contribution is -2.31. The first-order valence-electron chi connectivity index (χ1n) is 7.40. The highest BCUT2D eigenvalue weighted by Crippen LogP contribution is 2.41. The van der Waals surface area contributed by atoms with E-state index in [9.17, 15) is 14.9 Å². The first-order chi connectivity index (χ1) is 11.9. The van der Waals surface area contributed by atoms with E-state index in [1.54, 1.807) is 38.1 Å². The fourth-order valence-electron chi connectivity index (χ4n) is 2.68. The normalized spacial score (nSPS) is 17.4. The molecule has 1 aliphatic heterocycles. The van der Waals surface area contributed by atoms with Gasteiger partial charge in [0.15, 0.2) is 0 Å². The van der Waals surface area contributed by atoms with Crippen LogP contribution < -0.4 is 5.32 Å². The SMILES string of the molecule is CC1=C(C(=O)OSCCO)C(c2ccccc2Cl)C([N+](=O)[O-])=C(C)N1. The van der Waals surface area contributed by atoms with E-state index in [2.05, 4.69) is 5.32 Å². The number of nitro groups is 1. The molecule has 0 fully saturated rings. The molecule has 1 aromatic carbocycles. The van der Waals surface area contributed by atoms with Gasteiger partial charge < -0.3 is 14.6 Å². The first kappa shape index (κ1) is 19.3. The molecule has 0 bridgehead atoms. The molecule has 0 saturated heterocycles. The summed E-state index contributed by atoms with van der Waals surface area (Å²) in [5, 5.41) is 23.6. The largest absolute Gasteiger partial charge is 0.395 e. The third kappa shape index (κ3) is 4.15. The van der Waals surface area contributed by atoms with Crippen LogP contribution in [0.4, 0.5) is 0 Å². The third-order valence-corrected chi connectivity index (χ3v) is 4.63.